The summed E-state index contributed by atoms with van der Waals surface area (Å²) in [4.78, 5) is 4.04. The number of nitrogens with zero attached hydrogens (tertiary/aromatic N) is 1. The summed E-state index contributed by atoms with van der Waals surface area (Å²) in [5.41, 5.74) is 2.25. The summed E-state index contributed by atoms with van der Waals surface area (Å²) in [6.07, 6.45) is 4.56. The monoisotopic (exact) mass is 217 g/mol. The summed E-state index contributed by atoms with van der Waals surface area (Å²) >= 11 is 12.0. The highest BCUT2D eigenvalue weighted by atomic mass is 35.5. The molecule has 1 aromatic heterocycles. The van der Waals surface area contributed by atoms with E-state index in [1.807, 2.05) is 0 Å². The van der Waals surface area contributed by atoms with Crippen LogP contribution in [0.2, 0.25) is 10.2 Å². The van der Waals surface area contributed by atoms with Crippen molar-refractivity contribution >= 4 is 23.2 Å². The van der Waals surface area contributed by atoms with Gasteiger partial charge in [-0.15, -0.1) is 0 Å². The van der Waals surface area contributed by atoms with Crippen LogP contribution in [0.4, 0.5) is 0 Å². The molecule has 3 heteroatoms. The van der Waals surface area contributed by atoms with E-state index in [9.17, 15) is 0 Å². The van der Waals surface area contributed by atoms with Gasteiger partial charge < -0.3 is 0 Å². The van der Waals surface area contributed by atoms with Crippen LogP contribution in [0.25, 0.3) is 0 Å². The minimum absolute atomic E-state index is 0.600. The standard InChI is InChI=1S/C10H13Cl2N/c1-3-5-8-7(4-2)9(11)6-13-10(8)12/h6H,3-5H2,1-2H3. The van der Waals surface area contributed by atoms with Crippen molar-refractivity contribution in [2.45, 2.75) is 33.1 Å². The lowest BCUT2D eigenvalue weighted by Crippen LogP contribution is -1.97. The number of rotatable bonds is 3. The Kier molecular flexibility index (Phi) is 4.01. The quantitative estimate of drug-likeness (QED) is 0.701. The topological polar surface area (TPSA) is 12.9 Å². The SMILES string of the molecule is CCCc1c(Cl)ncc(Cl)c1CC. The largest absolute Gasteiger partial charge is 0.243 e. The summed E-state index contributed by atoms with van der Waals surface area (Å²) in [5, 5.41) is 1.33. The predicted molar refractivity (Wildman–Crippen MR) is 57.6 cm³/mol. The van der Waals surface area contributed by atoms with Crippen LogP contribution in [0, 0.1) is 0 Å². The molecule has 0 unspecified atom stereocenters. The molecule has 1 aromatic rings. The van der Waals surface area contributed by atoms with E-state index in [1.165, 1.54) is 0 Å². The van der Waals surface area contributed by atoms with E-state index in [-0.39, 0.29) is 0 Å². The van der Waals surface area contributed by atoms with Gasteiger partial charge in [-0.1, -0.05) is 43.5 Å². The molecule has 0 bridgehead atoms. The first-order valence-electron chi connectivity index (χ1n) is 4.52. The molecule has 13 heavy (non-hydrogen) atoms. The van der Waals surface area contributed by atoms with Gasteiger partial charge in [0, 0.05) is 6.20 Å². The lowest BCUT2D eigenvalue weighted by molar-refractivity contribution is 0.890. The normalized spacial score (nSPS) is 10.5. The minimum Gasteiger partial charge on any atom is -0.243 e. The van der Waals surface area contributed by atoms with Gasteiger partial charge in [0.15, 0.2) is 0 Å². The molecule has 0 aliphatic rings. The Bertz CT molecular complexity index is 297. The third-order valence-electron chi connectivity index (χ3n) is 2.05. The van der Waals surface area contributed by atoms with Gasteiger partial charge in [-0.05, 0) is 24.0 Å². The van der Waals surface area contributed by atoms with Gasteiger partial charge in [0.1, 0.15) is 5.15 Å². The van der Waals surface area contributed by atoms with E-state index >= 15 is 0 Å². The third kappa shape index (κ3) is 2.35. The van der Waals surface area contributed by atoms with Crippen LogP contribution >= 0.6 is 23.2 Å². The fourth-order valence-corrected chi connectivity index (χ4v) is 1.98. The number of hydrogen-bond donors (Lipinski definition) is 0. The summed E-state index contributed by atoms with van der Waals surface area (Å²) in [6.45, 7) is 4.20. The Balaban J connectivity index is 3.18. The maximum atomic E-state index is 6.02. The zero-order chi connectivity index (χ0) is 9.84. The van der Waals surface area contributed by atoms with Crippen LogP contribution in [0.15, 0.2) is 6.20 Å². The van der Waals surface area contributed by atoms with E-state index in [4.69, 9.17) is 23.2 Å². The van der Waals surface area contributed by atoms with Crippen LogP contribution < -0.4 is 0 Å². The lowest BCUT2D eigenvalue weighted by atomic mass is 10.0. The second kappa shape index (κ2) is 4.83. The van der Waals surface area contributed by atoms with Crippen LogP contribution in [-0.2, 0) is 12.8 Å². The van der Waals surface area contributed by atoms with Gasteiger partial charge in [0.2, 0.25) is 0 Å². The molecule has 0 saturated carbocycles. The molecule has 0 atom stereocenters. The smallest absolute Gasteiger partial charge is 0.132 e. The van der Waals surface area contributed by atoms with Crippen molar-refractivity contribution < 1.29 is 0 Å². The fourth-order valence-electron chi connectivity index (χ4n) is 1.42. The minimum atomic E-state index is 0.600. The van der Waals surface area contributed by atoms with Crippen LogP contribution in [0.5, 0.6) is 0 Å². The maximum Gasteiger partial charge on any atom is 0.132 e. The highest BCUT2D eigenvalue weighted by molar-refractivity contribution is 6.33. The Morgan fingerprint density at radius 3 is 2.46 bits per heavy atom. The van der Waals surface area contributed by atoms with Gasteiger partial charge in [-0.2, -0.15) is 0 Å². The molecular formula is C10H13Cl2N. The van der Waals surface area contributed by atoms with E-state index in [1.54, 1.807) is 6.20 Å². The second-order valence-corrected chi connectivity index (χ2v) is 3.72. The fraction of sp³-hybridized carbons (Fsp3) is 0.500. The third-order valence-corrected chi connectivity index (χ3v) is 2.70. The van der Waals surface area contributed by atoms with E-state index in [0.29, 0.717) is 5.15 Å². The van der Waals surface area contributed by atoms with Crippen LogP contribution in [-0.4, -0.2) is 4.98 Å². The summed E-state index contributed by atoms with van der Waals surface area (Å²) in [5.74, 6) is 0. The Hall–Kier alpha value is -0.270. The molecule has 1 heterocycles. The molecular weight excluding hydrogens is 205 g/mol. The number of halogens is 2. The first-order chi connectivity index (χ1) is 6.20. The van der Waals surface area contributed by atoms with Gasteiger partial charge in [-0.25, -0.2) is 4.98 Å². The van der Waals surface area contributed by atoms with Crippen LogP contribution in [0.3, 0.4) is 0 Å². The summed E-state index contributed by atoms with van der Waals surface area (Å²) < 4.78 is 0. The Morgan fingerprint density at radius 2 is 1.92 bits per heavy atom. The van der Waals surface area contributed by atoms with Crippen molar-refractivity contribution in [3.8, 4) is 0 Å². The van der Waals surface area contributed by atoms with E-state index in [2.05, 4.69) is 18.8 Å². The van der Waals surface area contributed by atoms with Crippen molar-refractivity contribution in [3.63, 3.8) is 0 Å². The molecule has 0 radical (unpaired) electrons. The van der Waals surface area contributed by atoms with Gasteiger partial charge in [-0.3, -0.25) is 0 Å². The van der Waals surface area contributed by atoms with E-state index in [0.717, 1.165) is 35.4 Å². The number of pyridine rings is 1. The highest BCUT2D eigenvalue weighted by Crippen LogP contribution is 2.26. The van der Waals surface area contributed by atoms with E-state index < -0.39 is 0 Å². The Labute approximate surface area is 89.1 Å². The molecule has 0 fully saturated rings. The molecule has 0 N–H and O–H groups in total. The van der Waals surface area contributed by atoms with Crippen molar-refractivity contribution in [2.75, 3.05) is 0 Å². The summed E-state index contributed by atoms with van der Waals surface area (Å²) in [6, 6.07) is 0. The van der Waals surface area contributed by atoms with Crippen LogP contribution in [0.1, 0.15) is 31.4 Å². The number of aromatic nitrogens is 1. The average Bonchev–Trinajstić information content (AvgIpc) is 2.12. The van der Waals surface area contributed by atoms with Gasteiger partial charge in [0.05, 0.1) is 5.02 Å². The first-order valence-corrected chi connectivity index (χ1v) is 5.28. The second-order valence-electron chi connectivity index (χ2n) is 2.96. The van der Waals surface area contributed by atoms with Crippen molar-refractivity contribution in [1.82, 2.24) is 4.98 Å². The average molecular weight is 218 g/mol. The zero-order valence-electron chi connectivity index (χ0n) is 7.90. The molecule has 72 valence electrons. The highest BCUT2D eigenvalue weighted by Gasteiger charge is 2.09. The molecule has 0 aliphatic heterocycles. The number of hydrogen-bond acceptors (Lipinski definition) is 1. The molecule has 1 rings (SSSR count). The molecule has 0 amide bonds. The zero-order valence-corrected chi connectivity index (χ0v) is 9.41. The molecule has 0 aliphatic carbocycles. The lowest BCUT2D eigenvalue weighted by Gasteiger charge is -2.09. The summed E-state index contributed by atoms with van der Waals surface area (Å²) in [7, 11) is 0. The van der Waals surface area contributed by atoms with Gasteiger partial charge >= 0.3 is 0 Å². The molecule has 0 spiro atoms. The molecule has 0 saturated heterocycles. The Morgan fingerprint density at radius 1 is 1.23 bits per heavy atom. The molecule has 1 nitrogen and oxygen atoms in total. The van der Waals surface area contributed by atoms with Gasteiger partial charge in [0.25, 0.3) is 0 Å². The van der Waals surface area contributed by atoms with Crippen molar-refractivity contribution in [1.29, 1.82) is 0 Å². The van der Waals surface area contributed by atoms with Crippen molar-refractivity contribution in [2.24, 2.45) is 0 Å². The predicted octanol–water partition coefficient (Wildman–Crippen LogP) is 3.90. The van der Waals surface area contributed by atoms with Crippen molar-refractivity contribution in [3.05, 3.63) is 27.5 Å². The first kappa shape index (κ1) is 10.8. The maximum absolute atomic E-state index is 6.02. The molecule has 0 aromatic carbocycles.